The van der Waals surface area contributed by atoms with Gasteiger partial charge < -0.3 is 11.1 Å². The molecule has 0 fully saturated rings. The molecule has 0 saturated carbocycles. The molecule has 4 rings (SSSR count). The summed E-state index contributed by atoms with van der Waals surface area (Å²) >= 11 is 6.10. The molecule has 4 aromatic rings. The fraction of sp³-hybridized carbons (Fsp3) is 0.167. The lowest BCUT2D eigenvalue weighted by Gasteiger charge is -2.11. The molecule has 1 aromatic carbocycles. The number of aromatic nitrogens is 3. The Labute approximate surface area is 185 Å². The molecule has 0 spiro atoms. The summed E-state index contributed by atoms with van der Waals surface area (Å²) in [6.45, 7) is 4.20. The highest BCUT2D eigenvalue weighted by molar-refractivity contribution is 6.31. The molecular formula is C24H22ClN5O. The first-order valence-corrected chi connectivity index (χ1v) is 10.3. The first kappa shape index (κ1) is 20.8. The molecule has 7 heteroatoms. The molecular weight excluding hydrogens is 410 g/mol. The number of nitrogens with one attached hydrogen (secondary N) is 1. The average molecular weight is 432 g/mol. The van der Waals surface area contributed by atoms with Crippen LogP contribution in [-0.2, 0) is 13.0 Å². The maximum Gasteiger partial charge on any atom is 0.270 e. The molecule has 6 nitrogen and oxygen atoms in total. The largest absolute Gasteiger partial charge is 0.384 e. The van der Waals surface area contributed by atoms with Crippen molar-refractivity contribution < 1.29 is 4.79 Å². The topological polar surface area (TPSA) is 93.8 Å². The van der Waals surface area contributed by atoms with Gasteiger partial charge in [-0.15, -0.1) is 0 Å². The van der Waals surface area contributed by atoms with Crippen molar-refractivity contribution in [3.63, 3.8) is 0 Å². The minimum Gasteiger partial charge on any atom is -0.384 e. The van der Waals surface area contributed by atoms with Crippen LogP contribution in [0.4, 0.5) is 5.82 Å². The third-order valence-corrected chi connectivity index (χ3v) is 5.40. The Morgan fingerprint density at radius 3 is 2.71 bits per heavy atom. The van der Waals surface area contributed by atoms with Crippen molar-refractivity contribution in [2.75, 3.05) is 5.73 Å². The van der Waals surface area contributed by atoms with E-state index < -0.39 is 0 Å². The minimum absolute atomic E-state index is 0.235. The highest BCUT2D eigenvalue weighted by atomic mass is 35.5. The Hall–Kier alpha value is -3.51. The second kappa shape index (κ2) is 8.70. The first-order chi connectivity index (χ1) is 14.9. The van der Waals surface area contributed by atoms with Crippen molar-refractivity contribution in [1.29, 1.82) is 0 Å². The maximum atomic E-state index is 12.7. The van der Waals surface area contributed by atoms with E-state index in [1.165, 1.54) is 0 Å². The van der Waals surface area contributed by atoms with Crippen molar-refractivity contribution in [3.05, 3.63) is 93.5 Å². The van der Waals surface area contributed by atoms with E-state index in [-0.39, 0.29) is 5.91 Å². The minimum atomic E-state index is -0.235. The number of fused-ring (bicyclic) bond motifs is 1. The molecule has 0 aliphatic carbocycles. The van der Waals surface area contributed by atoms with Crippen molar-refractivity contribution in [2.45, 2.75) is 26.8 Å². The molecule has 3 aromatic heterocycles. The fourth-order valence-electron chi connectivity index (χ4n) is 3.60. The van der Waals surface area contributed by atoms with E-state index in [1.807, 2.05) is 44.3 Å². The first-order valence-electron chi connectivity index (χ1n) is 9.89. The van der Waals surface area contributed by atoms with E-state index in [0.29, 0.717) is 29.5 Å². The van der Waals surface area contributed by atoms with Crippen LogP contribution in [-0.4, -0.2) is 20.9 Å². The zero-order valence-corrected chi connectivity index (χ0v) is 18.1. The number of hydrogen-bond donors (Lipinski definition) is 2. The number of hydrogen-bond acceptors (Lipinski definition) is 5. The predicted molar refractivity (Wildman–Crippen MR) is 123 cm³/mol. The number of amides is 1. The Balaban J connectivity index is 1.48. The number of benzene rings is 1. The standard InChI is InChI=1S/C24H22ClN5O/c1-14-7-23(26)30-15(2)20(14)13-29-24(31)22-10-16(5-6-27-22)8-17-9-18-11-19(25)3-4-21(18)28-12-17/h3-7,9-12H,8,13H2,1-2H3,(H2,26,30)(H,29,31). The Morgan fingerprint density at radius 2 is 1.90 bits per heavy atom. The summed E-state index contributed by atoms with van der Waals surface area (Å²) in [6.07, 6.45) is 4.13. The lowest BCUT2D eigenvalue weighted by atomic mass is 10.0. The summed E-state index contributed by atoms with van der Waals surface area (Å²) in [5.74, 6) is 0.241. The normalized spacial score (nSPS) is 10.9. The summed E-state index contributed by atoms with van der Waals surface area (Å²) in [7, 11) is 0. The van der Waals surface area contributed by atoms with Gasteiger partial charge in [-0.1, -0.05) is 11.6 Å². The van der Waals surface area contributed by atoms with Crippen LogP contribution in [0.15, 0.2) is 54.9 Å². The highest BCUT2D eigenvalue weighted by Gasteiger charge is 2.11. The quantitative estimate of drug-likeness (QED) is 0.488. The summed E-state index contributed by atoms with van der Waals surface area (Å²) in [5.41, 5.74) is 11.8. The van der Waals surface area contributed by atoms with Gasteiger partial charge in [-0.3, -0.25) is 14.8 Å². The van der Waals surface area contributed by atoms with Crippen LogP contribution in [0.3, 0.4) is 0 Å². The van der Waals surface area contributed by atoms with Crippen molar-refractivity contribution in [2.24, 2.45) is 0 Å². The number of rotatable bonds is 5. The highest BCUT2D eigenvalue weighted by Crippen LogP contribution is 2.20. The molecule has 0 aliphatic rings. The third-order valence-electron chi connectivity index (χ3n) is 5.16. The van der Waals surface area contributed by atoms with E-state index in [1.54, 1.807) is 18.3 Å². The third kappa shape index (κ3) is 4.81. The SMILES string of the molecule is Cc1cc(N)nc(C)c1CNC(=O)c1cc(Cc2cnc3ccc(Cl)cc3c2)ccn1. The van der Waals surface area contributed by atoms with Gasteiger partial charge in [0.25, 0.3) is 5.91 Å². The number of carbonyl (C=O) groups is 1. The molecule has 0 unspecified atom stereocenters. The van der Waals surface area contributed by atoms with Crippen molar-refractivity contribution in [3.8, 4) is 0 Å². The zero-order chi connectivity index (χ0) is 22.0. The molecule has 3 N–H and O–H groups in total. The summed E-state index contributed by atoms with van der Waals surface area (Å²) in [5, 5.41) is 4.59. The van der Waals surface area contributed by atoms with E-state index in [0.717, 1.165) is 38.9 Å². The van der Waals surface area contributed by atoms with Crippen LogP contribution < -0.4 is 11.1 Å². The summed E-state index contributed by atoms with van der Waals surface area (Å²) in [4.78, 5) is 25.7. The molecule has 3 heterocycles. The summed E-state index contributed by atoms with van der Waals surface area (Å²) in [6, 6.07) is 13.2. The van der Waals surface area contributed by atoms with Gasteiger partial charge in [-0.05, 0) is 85.0 Å². The van der Waals surface area contributed by atoms with Gasteiger partial charge in [-0.2, -0.15) is 0 Å². The number of carbonyl (C=O) groups excluding carboxylic acids is 1. The number of nitrogens with two attached hydrogens (primary N) is 1. The van der Waals surface area contributed by atoms with E-state index in [9.17, 15) is 4.79 Å². The van der Waals surface area contributed by atoms with Gasteiger partial charge in [0.1, 0.15) is 11.5 Å². The molecule has 0 aliphatic heterocycles. The van der Waals surface area contributed by atoms with Crippen LogP contribution >= 0.6 is 11.6 Å². The molecule has 0 radical (unpaired) electrons. The van der Waals surface area contributed by atoms with Gasteiger partial charge in [0, 0.05) is 35.0 Å². The van der Waals surface area contributed by atoms with Gasteiger partial charge in [0.2, 0.25) is 0 Å². The zero-order valence-electron chi connectivity index (χ0n) is 17.3. The van der Waals surface area contributed by atoms with E-state index >= 15 is 0 Å². The number of nitrogen functional groups attached to an aromatic ring is 1. The van der Waals surface area contributed by atoms with Gasteiger partial charge in [0.15, 0.2) is 0 Å². The van der Waals surface area contributed by atoms with Crippen LogP contribution in [0.25, 0.3) is 10.9 Å². The van der Waals surface area contributed by atoms with Crippen molar-refractivity contribution >= 4 is 34.2 Å². The lowest BCUT2D eigenvalue weighted by molar-refractivity contribution is 0.0945. The summed E-state index contributed by atoms with van der Waals surface area (Å²) < 4.78 is 0. The van der Waals surface area contributed by atoms with Gasteiger partial charge in [-0.25, -0.2) is 4.98 Å². The molecule has 156 valence electrons. The van der Waals surface area contributed by atoms with Crippen LogP contribution in [0.5, 0.6) is 0 Å². The van der Waals surface area contributed by atoms with Gasteiger partial charge >= 0.3 is 0 Å². The van der Waals surface area contributed by atoms with Crippen LogP contribution in [0.1, 0.15) is 38.4 Å². The van der Waals surface area contributed by atoms with Gasteiger partial charge in [0.05, 0.1) is 5.52 Å². The Bertz CT molecular complexity index is 1270. The smallest absolute Gasteiger partial charge is 0.270 e. The predicted octanol–water partition coefficient (Wildman–Crippen LogP) is 4.40. The monoisotopic (exact) mass is 431 g/mol. The maximum absolute atomic E-state index is 12.7. The van der Waals surface area contributed by atoms with E-state index in [2.05, 4.69) is 26.3 Å². The average Bonchev–Trinajstić information content (AvgIpc) is 2.72. The molecule has 0 bridgehead atoms. The van der Waals surface area contributed by atoms with Crippen molar-refractivity contribution in [1.82, 2.24) is 20.3 Å². The van der Waals surface area contributed by atoms with Crippen LogP contribution in [0, 0.1) is 13.8 Å². The lowest BCUT2D eigenvalue weighted by Crippen LogP contribution is -2.25. The Morgan fingerprint density at radius 1 is 1.06 bits per heavy atom. The Kier molecular flexibility index (Phi) is 5.82. The molecule has 0 atom stereocenters. The molecule has 31 heavy (non-hydrogen) atoms. The number of halogens is 1. The number of anilines is 1. The van der Waals surface area contributed by atoms with Crippen LogP contribution in [0.2, 0.25) is 5.02 Å². The molecule has 0 saturated heterocycles. The fourth-order valence-corrected chi connectivity index (χ4v) is 3.78. The number of pyridine rings is 3. The number of aryl methyl sites for hydroxylation is 2. The molecule has 1 amide bonds. The second-order valence-electron chi connectivity index (χ2n) is 7.52. The second-order valence-corrected chi connectivity index (χ2v) is 7.95. The van der Waals surface area contributed by atoms with E-state index in [4.69, 9.17) is 17.3 Å². The number of nitrogens with zero attached hydrogens (tertiary/aromatic N) is 3.